The third kappa shape index (κ3) is 3.07. The first-order valence-corrected chi connectivity index (χ1v) is 6.97. The van der Waals surface area contributed by atoms with Crippen LogP contribution < -0.4 is 4.90 Å². The van der Waals surface area contributed by atoms with Crippen LogP contribution in [-0.4, -0.2) is 26.2 Å². The van der Waals surface area contributed by atoms with E-state index in [0.717, 1.165) is 29.5 Å². The number of esters is 1. The maximum atomic E-state index is 11.6. The molecule has 1 fully saturated rings. The molecular formula is C14H15BrN2O2. The van der Waals surface area contributed by atoms with Crippen molar-refractivity contribution in [1.82, 2.24) is 0 Å². The van der Waals surface area contributed by atoms with Gasteiger partial charge < -0.3 is 9.64 Å². The number of nitriles is 1. The van der Waals surface area contributed by atoms with E-state index in [1.165, 1.54) is 7.11 Å². The summed E-state index contributed by atoms with van der Waals surface area (Å²) in [5, 5.41) is 9.18. The third-order valence-electron chi connectivity index (χ3n) is 3.38. The van der Waals surface area contributed by atoms with Crippen molar-refractivity contribution in [2.45, 2.75) is 12.8 Å². The Morgan fingerprint density at radius 3 is 3.05 bits per heavy atom. The highest BCUT2D eigenvalue weighted by Crippen LogP contribution is 2.29. The van der Waals surface area contributed by atoms with Gasteiger partial charge in [0.05, 0.1) is 24.3 Å². The Labute approximate surface area is 121 Å². The van der Waals surface area contributed by atoms with Crippen LogP contribution in [0, 0.1) is 17.2 Å². The summed E-state index contributed by atoms with van der Waals surface area (Å²) < 4.78 is 5.75. The van der Waals surface area contributed by atoms with Gasteiger partial charge in [-0.3, -0.25) is 4.79 Å². The van der Waals surface area contributed by atoms with E-state index in [1.54, 1.807) is 6.07 Å². The largest absolute Gasteiger partial charge is 0.469 e. The summed E-state index contributed by atoms with van der Waals surface area (Å²) in [7, 11) is 1.42. The number of nitrogens with zero attached hydrogens (tertiary/aromatic N) is 2. The highest BCUT2D eigenvalue weighted by molar-refractivity contribution is 9.10. The molecule has 1 unspecified atom stereocenters. The molecule has 1 aliphatic heterocycles. The van der Waals surface area contributed by atoms with Crippen molar-refractivity contribution in [3.05, 3.63) is 28.2 Å². The minimum atomic E-state index is -0.168. The Morgan fingerprint density at radius 2 is 2.37 bits per heavy atom. The number of hydrogen-bond acceptors (Lipinski definition) is 4. The topological polar surface area (TPSA) is 53.3 Å². The van der Waals surface area contributed by atoms with E-state index < -0.39 is 0 Å². The van der Waals surface area contributed by atoms with Crippen molar-refractivity contribution >= 4 is 27.6 Å². The number of hydrogen-bond donors (Lipinski definition) is 0. The monoisotopic (exact) mass is 322 g/mol. The molecule has 5 heteroatoms. The van der Waals surface area contributed by atoms with Crippen LogP contribution in [0.2, 0.25) is 0 Å². The Hall–Kier alpha value is -1.54. The summed E-state index contributed by atoms with van der Waals surface area (Å²) in [6.07, 6.45) is 1.77. The van der Waals surface area contributed by atoms with E-state index in [2.05, 4.69) is 26.9 Å². The van der Waals surface area contributed by atoms with Gasteiger partial charge in [0.25, 0.3) is 0 Å². The van der Waals surface area contributed by atoms with E-state index >= 15 is 0 Å². The third-order valence-corrected chi connectivity index (χ3v) is 3.87. The fourth-order valence-corrected chi connectivity index (χ4v) is 2.76. The van der Waals surface area contributed by atoms with Crippen molar-refractivity contribution in [2.24, 2.45) is 5.92 Å². The maximum absolute atomic E-state index is 11.6. The predicted octanol–water partition coefficient (Wildman–Crippen LogP) is 2.71. The van der Waals surface area contributed by atoms with Crippen molar-refractivity contribution < 1.29 is 9.53 Å². The van der Waals surface area contributed by atoms with Crippen LogP contribution in [0.15, 0.2) is 22.7 Å². The molecule has 0 aliphatic carbocycles. The van der Waals surface area contributed by atoms with Crippen LogP contribution in [0.5, 0.6) is 0 Å². The van der Waals surface area contributed by atoms with Gasteiger partial charge in [-0.2, -0.15) is 5.26 Å². The molecular weight excluding hydrogens is 308 g/mol. The lowest BCUT2D eigenvalue weighted by Gasteiger charge is -2.33. The molecule has 2 rings (SSSR count). The number of benzene rings is 1. The smallest absolute Gasteiger partial charge is 0.310 e. The van der Waals surface area contributed by atoms with Gasteiger partial charge in [0.1, 0.15) is 6.07 Å². The number of piperidine rings is 1. The first-order valence-electron chi connectivity index (χ1n) is 6.18. The average Bonchev–Trinajstić information content (AvgIpc) is 2.46. The SMILES string of the molecule is COC(=O)C1CCCN(c2cc(Br)ccc2C#N)C1. The van der Waals surface area contributed by atoms with Crippen LogP contribution in [0.4, 0.5) is 5.69 Å². The molecule has 1 aliphatic rings. The van der Waals surface area contributed by atoms with Crippen molar-refractivity contribution in [3.63, 3.8) is 0 Å². The van der Waals surface area contributed by atoms with Gasteiger partial charge in [-0.15, -0.1) is 0 Å². The summed E-state index contributed by atoms with van der Waals surface area (Å²) in [6, 6.07) is 7.77. The fraction of sp³-hybridized carbons (Fsp3) is 0.429. The number of methoxy groups -OCH3 is 1. The molecule has 0 bridgehead atoms. The van der Waals surface area contributed by atoms with Crippen LogP contribution in [0.3, 0.4) is 0 Å². The molecule has 0 radical (unpaired) electrons. The van der Waals surface area contributed by atoms with Crippen LogP contribution in [-0.2, 0) is 9.53 Å². The number of carbonyl (C=O) groups excluding carboxylic acids is 1. The minimum Gasteiger partial charge on any atom is -0.469 e. The lowest BCUT2D eigenvalue weighted by molar-refractivity contribution is -0.145. The van der Waals surface area contributed by atoms with Crippen LogP contribution in [0.25, 0.3) is 0 Å². The van der Waals surface area contributed by atoms with Crippen LogP contribution >= 0.6 is 15.9 Å². The summed E-state index contributed by atoms with van der Waals surface area (Å²) in [5.74, 6) is -0.275. The van der Waals surface area contributed by atoms with Gasteiger partial charge in [0, 0.05) is 17.6 Å². The number of carbonyl (C=O) groups is 1. The lowest BCUT2D eigenvalue weighted by Crippen LogP contribution is -2.39. The molecule has 19 heavy (non-hydrogen) atoms. The summed E-state index contributed by atoms with van der Waals surface area (Å²) in [5.41, 5.74) is 1.51. The molecule has 1 aromatic carbocycles. The zero-order chi connectivity index (χ0) is 13.8. The fourth-order valence-electron chi connectivity index (χ4n) is 2.42. The van der Waals surface area contributed by atoms with Gasteiger partial charge in [-0.25, -0.2) is 0 Å². The number of ether oxygens (including phenoxy) is 1. The zero-order valence-corrected chi connectivity index (χ0v) is 12.3. The lowest BCUT2D eigenvalue weighted by atomic mass is 9.97. The van der Waals surface area contributed by atoms with Crippen LogP contribution in [0.1, 0.15) is 18.4 Å². The second kappa shape index (κ2) is 6.07. The maximum Gasteiger partial charge on any atom is 0.310 e. The number of rotatable bonds is 2. The first kappa shape index (κ1) is 13.9. The predicted molar refractivity (Wildman–Crippen MR) is 75.8 cm³/mol. The second-order valence-electron chi connectivity index (χ2n) is 4.58. The van der Waals surface area contributed by atoms with Gasteiger partial charge in [-0.05, 0) is 31.0 Å². The quantitative estimate of drug-likeness (QED) is 0.785. The standard InChI is InChI=1S/C14H15BrN2O2/c1-19-14(18)11-3-2-6-17(9-11)13-7-12(15)5-4-10(13)8-16/h4-5,7,11H,2-3,6,9H2,1H3. The molecule has 1 saturated heterocycles. The molecule has 1 aromatic rings. The highest BCUT2D eigenvalue weighted by atomic mass is 79.9. The van der Waals surface area contributed by atoms with E-state index in [1.807, 2.05) is 12.1 Å². The Bertz CT molecular complexity index is 525. The van der Waals surface area contributed by atoms with Crippen molar-refractivity contribution in [3.8, 4) is 6.07 Å². The van der Waals surface area contributed by atoms with Crippen molar-refractivity contribution in [2.75, 3.05) is 25.1 Å². The number of anilines is 1. The van der Waals surface area contributed by atoms with Gasteiger partial charge >= 0.3 is 5.97 Å². The van der Waals surface area contributed by atoms with Gasteiger partial charge in [0.2, 0.25) is 0 Å². The highest BCUT2D eigenvalue weighted by Gasteiger charge is 2.27. The minimum absolute atomic E-state index is 0.107. The molecule has 100 valence electrons. The zero-order valence-electron chi connectivity index (χ0n) is 10.7. The Kier molecular flexibility index (Phi) is 4.43. The van der Waals surface area contributed by atoms with E-state index in [4.69, 9.17) is 4.74 Å². The first-order chi connectivity index (χ1) is 9.15. The molecule has 0 N–H and O–H groups in total. The van der Waals surface area contributed by atoms with E-state index in [-0.39, 0.29) is 11.9 Å². The number of halogens is 1. The average molecular weight is 323 g/mol. The van der Waals surface area contributed by atoms with Gasteiger partial charge in [0.15, 0.2) is 0 Å². The molecule has 0 spiro atoms. The summed E-state index contributed by atoms with van der Waals surface area (Å²) >= 11 is 3.42. The summed E-state index contributed by atoms with van der Waals surface area (Å²) in [4.78, 5) is 13.7. The molecule has 0 saturated carbocycles. The van der Waals surface area contributed by atoms with Crippen molar-refractivity contribution in [1.29, 1.82) is 5.26 Å². The Morgan fingerprint density at radius 1 is 1.58 bits per heavy atom. The van der Waals surface area contributed by atoms with Gasteiger partial charge in [-0.1, -0.05) is 15.9 Å². The molecule has 0 amide bonds. The summed E-state index contributed by atoms with van der Waals surface area (Å²) in [6.45, 7) is 1.47. The second-order valence-corrected chi connectivity index (χ2v) is 5.50. The molecule has 1 heterocycles. The Balaban J connectivity index is 2.24. The molecule has 1 atom stereocenters. The normalized spacial score (nSPS) is 18.8. The molecule has 0 aromatic heterocycles. The van der Waals surface area contributed by atoms with E-state index in [0.29, 0.717) is 12.1 Å². The van der Waals surface area contributed by atoms with E-state index in [9.17, 15) is 10.1 Å². The molecule has 4 nitrogen and oxygen atoms in total.